The number of unbranched alkanes of at least 4 members (excludes halogenated alkanes) is 9. The smallest absolute Gasteiger partial charge is 0.418 e. The van der Waals surface area contributed by atoms with Crippen molar-refractivity contribution < 1.29 is 21.8 Å². The van der Waals surface area contributed by atoms with Gasteiger partial charge in [0, 0.05) is 18.6 Å². The zero-order valence-electron chi connectivity index (χ0n) is 15.1. The Balaban J connectivity index is 0.000000922. The van der Waals surface area contributed by atoms with Gasteiger partial charge in [-0.3, -0.25) is 0 Å². The van der Waals surface area contributed by atoms with Crippen molar-refractivity contribution in [1.29, 1.82) is 0 Å². The van der Waals surface area contributed by atoms with Crippen LogP contribution in [-0.4, -0.2) is 7.25 Å². The molecule has 0 amide bonds. The standard InChI is InChI=1S/C18H32N.BF4/c1-3-4-5-6-7-8-9-10-11-12-15-19-16-13-18(2)14-17-19;2-1(3,4)5/h13-14,16-17H,3-12,15H2,1-2H3;/q+1;-1. The summed E-state index contributed by atoms with van der Waals surface area (Å²) in [7, 11) is -6.00. The van der Waals surface area contributed by atoms with Crippen LogP contribution in [0, 0.1) is 6.92 Å². The van der Waals surface area contributed by atoms with Crippen molar-refractivity contribution in [3.05, 3.63) is 30.1 Å². The molecule has 0 aliphatic heterocycles. The minimum atomic E-state index is -6.00. The maximum atomic E-state index is 9.75. The van der Waals surface area contributed by atoms with Crippen LogP contribution >= 0.6 is 0 Å². The normalized spacial score (nSPS) is 11.1. The summed E-state index contributed by atoms with van der Waals surface area (Å²) in [4.78, 5) is 0. The molecule has 0 aliphatic carbocycles. The van der Waals surface area contributed by atoms with Gasteiger partial charge in [-0.05, 0) is 18.9 Å². The number of aryl methyl sites for hydroxylation is 2. The summed E-state index contributed by atoms with van der Waals surface area (Å²) < 4.78 is 41.3. The van der Waals surface area contributed by atoms with Crippen LogP contribution in [0.1, 0.15) is 76.7 Å². The monoisotopic (exact) mass is 349 g/mol. The van der Waals surface area contributed by atoms with Gasteiger partial charge in [0.2, 0.25) is 0 Å². The second-order valence-corrected chi connectivity index (χ2v) is 6.29. The van der Waals surface area contributed by atoms with Gasteiger partial charge in [-0.15, -0.1) is 0 Å². The second-order valence-electron chi connectivity index (χ2n) is 6.29. The highest BCUT2D eigenvalue weighted by molar-refractivity contribution is 6.50. The lowest BCUT2D eigenvalue weighted by atomic mass is 10.1. The van der Waals surface area contributed by atoms with E-state index in [9.17, 15) is 17.3 Å². The van der Waals surface area contributed by atoms with Gasteiger partial charge in [0.05, 0.1) is 0 Å². The molecule has 140 valence electrons. The highest BCUT2D eigenvalue weighted by atomic mass is 19.5. The van der Waals surface area contributed by atoms with Crippen LogP contribution in [0.4, 0.5) is 17.3 Å². The number of halogens is 4. The SMILES string of the molecule is CCCCCCCCCCCC[n+]1ccc(C)cc1.F[B-](F)(F)F. The highest BCUT2D eigenvalue weighted by Crippen LogP contribution is 2.10. The number of hydrogen-bond donors (Lipinski definition) is 0. The third-order valence-corrected chi connectivity index (χ3v) is 3.83. The van der Waals surface area contributed by atoms with Crippen molar-refractivity contribution in [2.45, 2.75) is 84.6 Å². The van der Waals surface area contributed by atoms with Gasteiger partial charge in [-0.25, -0.2) is 4.57 Å². The lowest BCUT2D eigenvalue weighted by Crippen LogP contribution is -2.32. The van der Waals surface area contributed by atoms with Gasteiger partial charge < -0.3 is 17.3 Å². The van der Waals surface area contributed by atoms with Gasteiger partial charge in [-0.2, -0.15) is 0 Å². The fraction of sp³-hybridized carbons (Fsp3) is 0.722. The van der Waals surface area contributed by atoms with Gasteiger partial charge >= 0.3 is 7.25 Å². The average Bonchev–Trinajstić information content (AvgIpc) is 2.49. The molecule has 1 heterocycles. The van der Waals surface area contributed by atoms with Gasteiger partial charge in [0.1, 0.15) is 6.54 Å². The van der Waals surface area contributed by atoms with Crippen molar-refractivity contribution >= 4 is 7.25 Å². The summed E-state index contributed by atoms with van der Waals surface area (Å²) in [6.07, 6.45) is 18.5. The first-order chi connectivity index (χ1) is 11.3. The van der Waals surface area contributed by atoms with Crippen LogP contribution in [0.2, 0.25) is 0 Å². The van der Waals surface area contributed by atoms with E-state index in [0.717, 1.165) is 0 Å². The van der Waals surface area contributed by atoms with E-state index >= 15 is 0 Å². The highest BCUT2D eigenvalue weighted by Gasteiger charge is 2.20. The quantitative estimate of drug-likeness (QED) is 0.186. The van der Waals surface area contributed by atoms with Gasteiger partial charge in [-0.1, -0.05) is 58.3 Å². The number of hydrogen-bond acceptors (Lipinski definition) is 0. The van der Waals surface area contributed by atoms with Crippen molar-refractivity contribution in [3.63, 3.8) is 0 Å². The molecule has 0 aliphatic rings. The van der Waals surface area contributed by atoms with Gasteiger partial charge in [0.15, 0.2) is 12.4 Å². The van der Waals surface area contributed by atoms with Crippen molar-refractivity contribution in [1.82, 2.24) is 0 Å². The van der Waals surface area contributed by atoms with Crippen molar-refractivity contribution in [2.75, 3.05) is 0 Å². The van der Waals surface area contributed by atoms with E-state index in [1.807, 2.05) is 0 Å². The molecule has 6 heteroatoms. The summed E-state index contributed by atoms with van der Waals surface area (Å²) in [5.74, 6) is 0. The first-order valence-electron chi connectivity index (χ1n) is 9.16. The lowest BCUT2D eigenvalue weighted by molar-refractivity contribution is -0.697. The van der Waals surface area contributed by atoms with Crippen LogP contribution in [0.3, 0.4) is 0 Å². The van der Waals surface area contributed by atoms with Crippen LogP contribution < -0.4 is 4.57 Å². The molecule has 0 spiro atoms. The third-order valence-electron chi connectivity index (χ3n) is 3.83. The summed E-state index contributed by atoms with van der Waals surface area (Å²) in [5, 5.41) is 0. The molecule has 0 fully saturated rings. The second kappa shape index (κ2) is 14.3. The minimum absolute atomic E-state index is 1.18. The Hall–Kier alpha value is -1.07. The average molecular weight is 349 g/mol. The first-order valence-corrected chi connectivity index (χ1v) is 9.16. The minimum Gasteiger partial charge on any atom is -0.418 e. The maximum absolute atomic E-state index is 9.75. The van der Waals surface area contributed by atoms with Gasteiger partial charge in [0.25, 0.3) is 0 Å². The Labute approximate surface area is 144 Å². The first kappa shape index (κ1) is 22.9. The van der Waals surface area contributed by atoms with Crippen LogP contribution in [0.25, 0.3) is 0 Å². The fourth-order valence-corrected chi connectivity index (χ4v) is 2.46. The Kier molecular flexibility index (Phi) is 13.7. The van der Waals surface area contributed by atoms with Crippen molar-refractivity contribution in [3.8, 4) is 0 Å². The van der Waals surface area contributed by atoms with E-state index in [1.165, 1.54) is 76.3 Å². The molecule has 1 nitrogen and oxygen atoms in total. The van der Waals surface area contributed by atoms with E-state index < -0.39 is 7.25 Å². The Morgan fingerprint density at radius 3 is 1.54 bits per heavy atom. The summed E-state index contributed by atoms with van der Waals surface area (Å²) >= 11 is 0. The molecule has 1 rings (SSSR count). The number of aromatic nitrogens is 1. The third kappa shape index (κ3) is 19.0. The Bertz CT molecular complexity index is 387. The summed E-state index contributed by atoms with van der Waals surface area (Å²) in [5.41, 5.74) is 1.35. The fourth-order valence-electron chi connectivity index (χ4n) is 2.46. The molecule has 0 N–H and O–H groups in total. The number of nitrogens with zero attached hydrogens (tertiary/aromatic N) is 1. The number of pyridine rings is 1. The molecular formula is C18H32BF4N. The zero-order chi connectivity index (χ0) is 18.3. The van der Waals surface area contributed by atoms with E-state index in [-0.39, 0.29) is 0 Å². The summed E-state index contributed by atoms with van der Waals surface area (Å²) in [6.45, 7) is 5.60. The van der Waals surface area contributed by atoms with Crippen LogP contribution in [-0.2, 0) is 6.54 Å². The molecule has 0 aromatic carbocycles. The molecule has 0 saturated heterocycles. The predicted molar refractivity (Wildman–Crippen MR) is 93.4 cm³/mol. The van der Waals surface area contributed by atoms with E-state index in [4.69, 9.17) is 0 Å². The molecule has 1 aromatic rings. The van der Waals surface area contributed by atoms with Crippen LogP contribution in [0.5, 0.6) is 0 Å². The summed E-state index contributed by atoms with van der Waals surface area (Å²) in [6, 6.07) is 4.38. The van der Waals surface area contributed by atoms with E-state index in [0.29, 0.717) is 0 Å². The largest absolute Gasteiger partial charge is 0.673 e. The maximum Gasteiger partial charge on any atom is 0.673 e. The molecule has 24 heavy (non-hydrogen) atoms. The lowest BCUT2D eigenvalue weighted by Gasteiger charge is -2.01. The Morgan fingerprint density at radius 1 is 0.750 bits per heavy atom. The molecule has 0 bridgehead atoms. The van der Waals surface area contributed by atoms with E-state index in [2.05, 4.69) is 42.9 Å². The molecule has 0 radical (unpaired) electrons. The zero-order valence-corrected chi connectivity index (χ0v) is 15.1. The molecule has 1 aromatic heterocycles. The van der Waals surface area contributed by atoms with Crippen molar-refractivity contribution in [2.24, 2.45) is 0 Å². The number of rotatable bonds is 11. The molecule has 0 atom stereocenters. The topological polar surface area (TPSA) is 3.88 Å². The molecular weight excluding hydrogens is 317 g/mol. The Morgan fingerprint density at radius 2 is 1.12 bits per heavy atom. The predicted octanol–water partition coefficient (Wildman–Crippen LogP) is 6.50. The molecule has 0 unspecified atom stereocenters. The molecule has 0 saturated carbocycles. The van der Waals surface area contributed by atoms with Crippen LogP contribution in [0.15, 0.2) is 24.5 Å². The van der Waals surface area contributed by atoms with E-state index in [1.54, 1.807) is 0 Å².